The Hall–Kier alpha value is -1.72. The average molecular weight is 185 g/mol. The van der Waals surface area contributed by atoms with Crippen LogP contribution >= 0.6 is 0 Å². The predicted molar refractivity (Wildman–Crippen MR) is 56.7 cm³/mol. The minimum atomic E-state index is 0.0537. The quantitative estimate of drug-likeness (QED) is 0.709. The Morgan fingerprint density at radius 3 is 2.86 bits per heavy atom. The Morgan fingerprint density at radius 2 is 2.14 bits per heavy atom. The Bertz CT molecular complexity index is 490. The van der Waals surface area contributed by atoms with Gasteiger partial charge in [-0.25, -0.2) is 0 Å². The molecule has 0 radical (unpaired) electrons. The lowest BCUT2D eigenvalue weighted by molar-refractivity contribution is 0.283. The van der Waals surface area contributed by atoms with Gasteiger partial charge < -0.3 is 9.67 Å². The average Bonchev–Trinajstić information content (AvgIpc) is 2.58. The van der Waals surface area contributed by atoms with Crippen LogP contribution in [0.15, 0.2) is 30.5 Å². The molecule has 2 nitrogen and oxygen atoms in total. The Kier molecular flexibility index (Phi) is 2.26. The molecule has 0 saturated heterocycles. The van der Waals surface area contributed by atoms with Gasteiger partial charge in [0.25, 0.3) is 0 Å². The smallest absolute Gasteiger partial charge is 0.0835 e. The van der Waals surface area contributed by atoms with E-state index >= 15 is 0 Å². The number of nitrogens with zero attached hydrogens (tertiary/aromatic N) is 1. The highest BCUT2D eigenvalue weighted by Crippen LogP contribution is 2.20. The number of rotatable bonds is 2. The van der Waals surface area contributed by atoms with Crippen LogP contribution < -0.4 is 0 Å². The highest BCUT2D eigenvalue weighted by molar-refractivity contribution is 5.83. The van der Waals surface area contributed by atoms with Gasteiger partial charge in [-0.3, -0.25) is 0 Å². The van der Waals surface area contributed by atoms with Crippen molar-refractivity contribution in [3.63, 3.8) is 0 Å². The Labute approximate surface area is 82.8 Å². The first-order chi connectivity index (χ1) is 6.86. The van der Waals surface area contributed by atoms with Crippen LogP contribution in [0.1, 0.15) is 5.56 Å². The van der Waals surface area contributed by atoms with E-state index in [9.17, 15) is 0 Å². The summed E-state index contributed by atoms with van der Waals surface area (Å²) in [6, 6.07) is 7.93. The van der Waals surface area contributed by atoms with E-state index in [1.54, 1.807) is 0 Å². The lowest BCUT2D eigenvalue weighted by atomic mass is 10.2. The lowest BCUT2D eigenvalue weighted by Gasteiger charge is -1.97. The SMILES string of the molecule is C#CCn1cc(CO)c2ccccc21. The van der Waals surface area contributed by atoms with Crippen molar-refractivity contribution in [3.05, 3.63) is 36.0 Å². The van der Waals surface area contributed by atoms with E-state index in [-0.39, 0.29) is 6.61 Å². The van der Waals surface area contributed by atoms with Gasteiger partial charge in [0, 0.05) is 22.7 Å². The lowest BCUT2D eigenvalue weighted by Crippen LogP contribution is -1.91. The summed E-state index contributed by atoms with van der Waals surface area (Å²) in [6.07, 6.45) is 7.18. The van der Waals surface area contributed by atoms with Crippen LogP contribution in [-0.4, -0.2) is 9.67 Å². The second-order valence-electron chi connectivity index (χ2n) is 3.16. The molecule has 0 bridgehead atoms. The molecule has 2 rings (SSSR count). The minimum Gasteiger partial charge on any atom is -0.392 e. The summed E-state index contributed by atoms with van der Waals surface area (Å²) in [4.78, 5) is 0. The molecule has 0 aliphatic rings. The summed E-state index contributed by atoms with van der Waals surface area (Å²) in [5.74, 6) is 2.59. The molecule has 0 saturated carbocycles. The van der Waals surface area contributed by atoms with Crippen LogP contribution in [-0.2, 0) is 13.2 Å². The van der Waals surface area contributed by atoms with Crippen molar-refractivity contribution in [2.24, 2.45) is 0 Å². The molecule has 0 amide bonds. The third kappa shape index (κ3) is 1.28. The number of terminal acetylenes is 1. The fourth-order valence-corrected chi connectivity index (χ4v) is 1.68. The maximum atomic E-state index is 9.15. The van der Waals surface area contributed by atoms with E-state index in [0.29, 0.717) is 6.54 Å². The van der Waals surface area contributed by atoms with E-state index in [1.165, 1.54) is 0 Å². The predicted octanol–water partition coefficient (Wildman–Crippen LogP) is 1.77. The third-order valence-corrected chi connectivity index (χ3v) is 2.30. The molecular weight excluding hydrogens is 174 g/mol. The van der Waals surface area contributed by atoms with E-state index in [1.807, 2.05) is 35.0 Å². The standard InChI is InChI=1S/C12H11NO/c1-2-7-13-8-10(9-14)11-5-3-4-6-12(11)13/h1,3-6,8,14H,7,9H2. The number of benzene rings is 1. The number of hydrogen-bond acceptors (Lipinski definition) is 1. The summed E-state index contributed by atoms with van der Waals surface area (Å²) in [7, 11) is 0. The van der Waals surface area contributed by atoms with E-state index in [0.717, 1.165) is 16.5 Å². The van der Waals surface area contributed by atoms with Gasteiger partial charge in [-0.05, 0) is 6.07 Å². The van der Waals surface area contributed by atoms with Crippen LogP contribution in [0.2, 0.25) is 0 Å². The molecule has 70 valence electrons. The fourth-order valence-electron chi connectivity index (χ4n) is 1.68. The molecule has 1 heterocycles. The van der Waals surface area contributed by atoms with Crippen molar-refractivity contribution in [2.45, 2.75) is 13.2 Å². The summed E-state index contributed by atoms with van der Waals surface area (Å²) >= 11 is 0. The largest absolute Gasteiger partial charge is 0.392 e. The monoisotopic (exact) mass is 185 g/mol. The van der Waals surface area contributed by atoms with E-state index in [2.05, 4.69) is 5.92 Å². The second-order valence-corrected chi connectivity index (χ2v) is 3.16. The van der Waals surface area contributed by atoms with Crippen molar-refractivity contribution in [2.75, 3.05) is 0 Å². The maximum Gasteiger partial charge on any atom is 0.0835 e. The Morgan fingerprint density at radius 1 is 1.36 bits per heavy atom. The molecule has 0 spiro atoms. The van der Waals surface area contributed by atoms with Crippen LogP contribution in [0.25, 0.3) is 10.9 Å². The van der Waals surface area contributed by atoms with Gasteiger partial charge in [0.05, 0.1) is 13.2 Å². The van der Waals surface area contributed by atoms with Crippen molar-refractivity contribution in [3.8, 4) is 12.3 Å². The van der Waals surface area contributed by atoms with Gasteiger partial charge >= 0.3 is 0 Å². The molecular formula is C12H11NO. The van der Waals surface area contributed by atoms with Gasteiger partial charge in [-0.15, -0.1) is 6.42 Å². The summed E-state index contributed by atoms with van der Waals surface area (Å²) in [6.45, 7) is 0.596. The number of aliphatic hydroxyl groups is 1. The van der Waals surface area contributed by atoms with Crippen molar-refractivity contribution < 1.29 is 5.11 Å². The number of aliphatic hydroxyl groups excluding tert-OH is 1. The van der Waals surface area contributed by atoms with E-state index < -0.39 is 0 Å². The first kappa shape index (κ1) is 8.86. The van der Waals surface area contributed by atoms with Crippen LogP contribution in [0.5, 0.6) is 0 Å². The van der Waals surface area contributed by atoms with Crippen LogP contribution in [0.4, 0.5) is 0 Å². The Balaban J connectivity index is 2.68. The molecule has 0 unspecified atom stereocenters. The second kappa shape index (κ2) is 3.57. The minimum absolute atomic E-state index is 0.0537. The van der Waals surface area contributed by atoms with Gasteiger partial charge in [-0.1, -0.05) is 24.1 Å². The molecule has 1 N–H and O–H groups in total. The maximum absolute atomic E-state index is 9.15. The zero-order valence-corrected chi connectivity index (χ0v) is 7.77. The summed E-state index contributed by atoms with van der Waals surface area (Å²) in [5.41, 5.74) is 2.00. The third-order valence-electron chi connectivity index (χ3n) is 2.30. The molecule has 1 aromatic heterocycles. The van der Waals surface area contributed by atoms with Gasteiger partial charge in [0.2, 0.25) is 0 Å². The number of fused-ring (bicyclic) bond motifs is 1. The van der Waals surface area contributed by atoms with Gasteiger partial charge in [0.1, 0.15) is 0 Å². The van der Waals surface area contributed by atoms with Crippen molar-refractivity contribution >= 4 is 10.9 Å². The first-order valence-corrected chi connectivity index (χ1v) is 4.48. The highest BCUT2D eigenvalue weighted by Gasteiger charge is 2.05. The zero-order valence-electron chi connectivity index (χ0n) is 7.77. The van der Waals surface area contributed by atoms with Crippen LogP contribution in [0, 0.1) is 12.3 Å². The topological polar surface area (TPSA) is 25.2 Å². The highest BCUT2D eigenvalue weighted by atomic mass is 16.3. The molecule has 14 heavy (non-hydrogen) atoms. The van der Waals surface area contributed by atoms with E-state index in [4.69, 9.17) is 11.5 Å². The molecule has 0 aliphatic carbocycles. The first-order valence-electron chi connectivity index (χ1n) is 4.48. The van der Waals surface area contributed by atoms with Gasteiger partial charge in [0.15, 0.2) is 0 Å². The normalized spacial score (nSPS) is 10.3. The van der Waals surface area contributed by atoms with Gasteiger partial charge in [-0.2, -0.15) is 0 Å². The number of aromatic nitrogens is 1. The summed E-state index contributed by atoms with van der Waals surface area (Å²) < 4.78 is 1.97. The van der Waals surface area contributed by atoms with Crippen LogP contribution in [0.3, 0.4) is 0 Å². The molecule has 2 aromatic rings. The fraction of sp³-hybridized carbons (Fsp3) is 0.167. The van der Waals surface area contributed by atoms with Crippen molar-refractivity contribution in [1.82, 2.24) is 4.57 Å². The molecule has 2 heteroatoms. The number of para-hydroxylation sites is 1. The molecule has 0 fully saturated rings. The molecule has 0 atom stereocenters. The number of hydrogen-bond donors (Lipinski definition) is 1. The zero-order chi connectivity index (χ0) is 9.97. The summed E-state index contributed by atoms with van der Waals surface area (Å²) in [5, 5.41) is 10.2. The molecule has 1 aromatic carbocycles. The van der Waals surface area contributed by atoms with Crippen molar-refractivity contribution in [1.29, 1.82) is 0 Å². The molecule has 0 aliphatic heterocycles.